The van der Waals surface area contributed by atoms with Crippen LogP contribution in [0.1, 0.15) is 19.3 Å². The monoisotopic (exact) mass is 312 g/mol. The molecule has 0 aromatic carbocycles. The van der Waals surface area contributed by atoms with Gasteiger partial charge in [0.2, 0.25) is 0 Å². The van der Waals surface area contributed by atoms with Crippen LogP contribution in [0.2, 0.25) is 0 Å². The van der Waals surface area contributed by atoms with E-state index < -0.39 is 31.3 Å². The summed E-state index contributed by atoms with van der Waals surface area (Å²) >= 11 is 0. The summed E-state index contributed by atoms with van der Waals surface area (Å²) in [6.45, 7) is -2.07. The van der Waals surface area contributed by atoms with E-state index in [2.05, 4.69) is 0 Å². The number of aliphatic hydroxyl groups excluding tert-OH is 1. The van der Waals surface area contributed by atoms with E-state index in [0.29, 0.717) is 24.3 Å². The molecule has 0 radical (unpaired) electrons. The summed E-state index contributed by atoms with van der Waals surface area (Å²) in [4.78, 5) is 24.3. The van der Waals surface area contributed by atoms with Crippen molar-refractivity contribution in [1.82, 2.24) is 9.80 Å². The number of hydrogen-bond acceptors (Lipinski definition) is 3. The highest BCUT2D eigenvalue weighted by molar-refractivity contribution is 5.80. The summed E-state index contributed by atoms with van der Waals surface area (Å²) in [5, 5.41) is 17.5. The van der Waals surface area contributed by atoms with Crippen molar-refractivity contribution in [1.29, 1.82) is 0 Å². The zero-order chi connectivity index (χ0) is 16.0. The number of carbonyl (C=O) groups is 2. The van der Waals surface area contributed by atoms with E-state index in [1.165, 1.54) is 4.90 Å². The number of amides is 2. The Bertz CT molecular complexity index is 374. The standard InChI is InChI=1S/C12H19F3N2O4/c13-12(14,15)8-17(7-10(19)20)11(21)16-4-1-2-9(6-16)3-5-18/h9,18H,1-8H2,(H,19,20). The zero-order valence-electron chi connectivity index (χ0n) is 11.5. The van der Waals surface area contributed by atoms with Gasteiger partial charge in [-0.2, -0.15) is 13.2 Å². The highest BCUT2D eigenvalue weighted by Gasteiger charge is 2.36. The molecule has 0 aliphatic carbocycles. The Morgan fingerprint density at radius 1 is 1.33 bits per heavy atom. The number of carbonyl (C=O) groups excluding carboxylic acids is 1. The third-order valence-electron chi connectivity index (χ3n) is 3.29. The van der Waals surface area contributed by atoms with Gasteiger partial charge < -0.3 is 20.0 Å². The second-order valence-corrected chi connectivity index (χ2v) is 5.11. The maximum atomic E-state index is 12.4. The molecule has 0 spiro atoms. The lowest BCUT2D eigenvalue weighted by atomic mass is 9.95. The van der Waals surface area contributed by atoms with Crippen molar-refractivity contribution in [2.24, 2.45) is 5.92 Å². The molecule has 2 N–H and O–H groups in total. The lowest BCUT2D eigenvalue weighted by Crippen LogP contribution is -2.51. The minimum absolute atomic E-state index is 0.0327. The Morgan fingerprint density at radius 2 is 2.00 bits per heavy atom. The Labute approximate surface area is 120 Å². The highest BCUT2D eigenvalue weighted by atomic mass is 19.4. The van der Waals surface area contributed by atoms with Gasteiger partial charge >= 0.3 is 18.2 Å². The highest BCUT2D eigenvalue weighted by Crippen LogP contribution is 2.22. The molecule has 122 valence electrons. The van der Waals surface area contributed by atoms with Crippen LogP contribution in [-0.4, -0.2) is 71.0 Å². The van der Waals surface area contributed by atoms with Crippen LogP contribution >= 0.6 is 0 Å². The predicted octanol–water partition coefficient (Wildman–Crippen LogP) is 1.15. The molecule has 1 saturated heterocycles. The SMILES string of the molecule is O=C(O)CN(CC(F)(F)F)C(=O)N1CCCC(CCO)C1. The van der Waals surface area contributed by atoms with E-state index >= 15 is 0 Å². The Kier molecular flexibility index (Phi) is 6.25. The number of carboxylic acid groups (broad SMARTS) is 1. The summed E-state index contributed by atoms with van der Waals surface area (Å²) in [6.07, 6.45) is -2.75. The molecule has 0 aromatic rings. The topological polar surface area (TPSA) is 81.1 Å². The molecule has 1 heterocycles. The second kappa shape index (κ2) is 7.48. The van der Waals surface area contributed by atoms with Gasteiger partial charge in [-0.3, -0.25) is 4.79 Å². The molecule has 21 heavy (non-hydrogen) atoms. The molecular weight excluding hydrogens is 293 g/mol. The smallest absolute Gasteiger partial charge is 0.406 e. The van der Waals surface area contributed by atoms with E-state index in [0.717, 1.165) is 6.42 Å². The molecule has 1 atom stereocenters. The summed E-state index contributed by atoms with van der Waals surface area (Å²) in [6, 6.07) is -0.919. The lowest BCUT2D eigenvalue weighted by Gasteiger charge is -2.36. The summed E-state index contributed by atoms with van der Waals surface area (Å²) < 4.78 is 37.3. The van der Waals surface area contributed by atoms with Gasteiger partial charge in [0, 0.05) is 19.7 Å². The summed E-state index contributed by atoms with van der Waals surface area (Å²) in [5.74, 6) is -1.46. The van der Waals surface area contributed by atoms with E-state index in [1.54, 1.807) is 0 Å². The van der Waals surface area contributed by atoms with Crippen LogP contribution < -0.4 is 0 Å². The quantitative estimate of drug-likeness (QED) is 0.798. The first-order valence-electron chi connectivity index (χ1n) is 6.66. The van der Waals surface area contributed by atoms with Crippen LogP contribution in [0.4, 0.5) is 18.0 Å². The number of aliphatic hydroxyl groups is 1. The fourth-order valence-electron chi connectivity index (χ4n) is 2.43. The molecule has 1 rings (SSSR count). The van der Waals surface area contributed by atoms with E-state index in [9.17, 15) is 22.8 Å². The Hall–Kier alpha value is -1.51. The van der Waals surface area contributed by atoms with Crippen molar-refractivity contribution in [3.05, 3.63) is 0 Å². The molecule has 9 heteroatoms. The summed E-state index contributed by atoms with van der Waals surface area (Å²) in [5.41, 5.74) is 0. The average Bonchev–Trinajstić information content (AvgIpc) is 2.35. The molecule has 1 aliphatic heterocycles. The van der Waals surface area contributed by atoms with Crippen LogP contribution in [0.5, 0.6) is 0 Å². The largest absolute Gasteiger partial charge is 0.480 e. The molecule has 0 bridgehead atoms. The molecule has 2 amide bonds. The number of nitrogens with zero attached hydrogens (tertiary/aromatic N) is 2. The first-order valence-corrected chi connectivity index (χ1v) is 6.66. The van der Waals surface area contributed by atoms with Gasteiger partial charge in [-0.25, -0.2) is 4.79 Å². The lowest BCUT2D eigenvalue weighted by molar-refractivity contribution is -0.149. The average molecular weight is 312 g/mol. The van der Waals surface area contributed by atoms with Crippen molar-refractivity contribution in [3.8, 4) is 0 Å². The van der Waals surface area contributed by atoms with Crippen LogP contribution in [0.25, 0.3) is 0 Å². The fraction of sp³-hybridized carbons (Fsp3) is 0.833. The van der Waals surface area contributed by atoms with Crippen molar-refractivity contribution in [2.45, 2.75) is 25.4 Å². The minimum atomic E-state index is -4.65. The molecule has 1 aliphatic rings. The second-order valence-electron chi connectivity index (χ2n) is 5.11. The molecule has 1 fully saturated rings. The van der Waals surface area contributed by atoms with Crippen LogP contribution in [0.15, 0.2) is 0 Å². The van der Waals surface area contributed by atoms with Crippen LogP contribution in [0.3, 0.4) is 0 Å². The number of piperidine rings is 1. The van der Waals surface area contributed by atoms with E-state index in [-0.39, 0.29) is 19.1 Å². The number of likely N-dealkylation sites (tertiary alicyclic amines) is 1. The van der Waals surface area contributed by atoms with Crippen LogP contribution in [0, 0.1) is 5.92 Å². The Morgan fingerprint density at radius 3 is 2.52 bits per heavy atom. The normalized spacial score (nSPS) is 19.4. The molecule has 6 nitrogen and oxygen atoms in total. The maximum Gasteiger partial charge on any atom is 0.406 e. The van der Waals surface area contributed by atoms with Gasteiger partial charge in [0.15, 0.2) is 0 Å². The number of carboxylic acids is 1. The van der Waals surface area contributed by atoms with Gasteiger partial charge in [-0.15, -0.1) is 0 Å². The zero-order valence-corrected chi connectivity index (χ0v) is 11.5. The maximum absolute atomic E-state index is 12.4. The van der Waals surface area contributed by atoms with Gasteiger partial charge in [0.25, 0.3) is 0 Å². The molecule has 0 aromatic heterocycles. The van der Waals surface area contributed by atoms with Gasteiger partial charge in [-0.05, 0) is 25.2 Å². The number of hydrogen-bond donors (Lipinski definition) is 2. The van der Waals surface area contributed by atoms with E-state index in [1.807, 2.05) is 0 Å². The first-order chi connectivity index (χ1) is 9.73. The first kappa shape index (κ1) is 17.5. The van der Waals surface area contributed by atoms with E-state index in [4.69, 9.17) is 10.2 Å². The van der Waals surface area contributed by atoms with Crippen molar-refractivity contribution in [2.75, 3.05) is 32.8 Å². The molecular formula is C12H19F3N2O4. The fourth-order valence-corrected chi connectivity index (χ4v) is 2.43. The van der Waals surface area contributed by atoms with Crippen molar-refractivity contribution < 1.29 is 33.0 Å². The molecule has 0 saturated carbocycles. The van der Waals surface area contributed by atoms with Crippen molar-refractivity contribution >= 4 is 12.0 Å². The number of rotatable bonds is 5. The van der Waals surface area contributed by atoms with Gasteiger partial charge in [-0.1, -0.05) is 0 Å². The molecule has 1 unspecified atom stereocenters. The summed E-state index contributed by atoms with van der Waals surface area (Å²) in [7, 11) is 0. The number of halogens is 3. The van der Waals surface area contributed by atoms with Crippen LogP contribution in [-0.2, 0) is 4.79 Å². The Balaban J connectivity index is 2.71. The third-order valence-corrected chi connectivity index (χ3v) is 3.29. The van der Waals surface area contributed by atoms with Gasteiger partial charge in [0.1, 0.15) is 13.1 Å². The number of urea groups is 1. The number of aliphatic carboxylic acids is 1. The minimum Gasteiger partial charge on any atom is -0.480 e. The predicted molar refractivity (Wildman–Crippen MR) is 66.7 cm³/mol. The van der Waals surface area contributed by atoms with Crippen molar-refractivity contribution in [3.63, 3.8) is 0 Å². The number of alkyl halides is 3. The van der Waals surface area contributed by atoms with Gasteiger partial charge in [0.05, 0.1) is 0 Å². The third kappa shape index (κ3) is 6.19.